The fraction of sp³-hybridized carbons (Fsp3) is 0.167. The number of imide groups is 1. The smallest absolute Gasteiger partial charge is 0.326 e. The van der Waals surface area contributed by atoms with Gasteiger partial charge in [-0.1, -0.05) is 0 Å². The Labute approximate surface area is 103 Å². The predicted octanol–water partition coefficient (Wildman–Crippen LogP) is 0.890. The Morgan fingerprint density at radius 1 is 1.28 bits per heavy atom. The Morgan fingerprint density at radius 3 is 2.56 bits per heavy atom. The molecule has 94 valence electrons. The van der Waals surface area contributed by atoms with E-state index in [9.17, 15) is 14.7 Å². The molecule has 0 saturated carbocycles. The van der Waals surface area contributed by atoms with Crippen LogP contribution in [-0.4, -0.2) is 24.2 Å². The SMILES string of the molecule is COc1cc(/C=C2\NC(=O)NC2=O)cc(C)c1O. The number of amides is 3. The van der Waals surface area contributed by atoms with E-state index in [0.29, 0.717) is 16.9 Å². The number of carbonyl (C=O) groups is 2. The van der Waals surface area contributed by atoms with Gasteiger partial charge in [0.25, 0.3) is 5.91 Å². The van der Waals surface area contributed by atoms with Gasteiger partial charge in [-0.15, -0.1) is 0 Å². The van der Waals surface area contributed by atoms with Gasteiger partial charge in [0.1, 0.15) is 5.70 Å². The second-order valence-corrected chi connectivity index (χ2v) is 3.85. The molecule has 0 aliphatic carbocycles. The highest BCUT2D eigenvalue weighted by Gasteiger charge is 2.22. The molecule has 1 saturated heterocycles. The second kappa shape index (κ2) is 4.40. The highest BCUT2D eigenvalue weighted by molar-refractivity contribution is 6.14. The molecule has 6 nitrogen and oxygen atoms in total. The summed E-state index contributed by atoms with van der Waals surface area (Å²) >= 11 is 0. The molecule has 1 aliphatic rings. The molecule has 1 fully saturated rings. The van der Waals surface area contributed by atoms with E-state index >= 15 is 0 Å². The predicted molar refractivity (Wildman–Crippen MR) is 64.0 cm³/mol. The highest BCUT2D eigenvalue weighted by Crippen LogP contribution is 2.31. The standard InChI is InChI=1S/C12H12N2O4/c1-6-3-7(5-9(18-2)10(6)15)4-8-11(16)14-12(17)13-8/h3-5,15H,1-2H3,(H2,13,14,16,17)/b8-4-. The molecule has 6 heteroatoms. The van der Waals surface area contributed by atoms with Crippen LogP contribution >= 0.6 is 0 Å². The van der Waals surface area contributed by atoms with Crippen LogP contribution in [0, 0.1) is 6.92 Å². The van der Waals surface area contributed by atoms with Crippen LogP contribution in [0.3, 0.4) is 0 Å². The van der Waals surface area contributed by atoms with Crippen molar-refractivity contribution in [3.8, 4) is 11.5 Å². The number of nitrogens with one attached hydrogen (secondary N) is 2. The Balaban J connectivity index is 2.41. The van der Waals surface area contributed by atoms with Gasteiger partial charge in [0.2, 0.25) is 0 Å². The summed E-state index contributed by atoms with van der Waals surface area (Å²) in [7, 11) is 1.44. The van der Waals surface area contributed by atoms with Gasteiger partial charge in [0.05, 0.1) is 7.11 Å². The lowest BCUT2D eigenvalue weighted by atomic mass is 10.1. The molecule has 0 aromatic heterocycles. The van der Waals surface area contributed by atoms with Crippen LogP contribution in [0.4, 0.5) is 4.79 Å². The summed E-state index contributed by atoms with van der Waals surface area (Å²) in [5, 5.41) is 14.2. The van der Waals surface area contributed by atoms with E-state index < -0.39 is 11.9 Å². The van der Waals surface area contributed by atoms with Gasteiger partial charge in [-0.25, -0.2) is 4.79 Å². The van der Waals surface area contributed by atoms with Crippen molar-refractivity contribution >= 4 is 18.0 Å². The lowest BCUT2D eigenvalue weighted by Gasteiger charge is -2.07. The molecule has 1 heterocycles. The number of phenolic OH excluding ortho intramolecular Hbond substituents is 1. The fourth-order valence-electron chi connectivity index (χ4n) is 1.66. The monoisotopic (exact) mass is 248 g/mol. The number of aryl methyl sites for hydroxylation is 1. The van der Waals surface area contributed by atoms with E-state index in [0.717, 1.165) is 0 Å². The maximum Gasteiger partial charge on any atom is 0.326 e. The molecule has 18 heavy (non-hydrogen) atoms. The van der Waals surface area contributed by atoms with Crippen molar-refractivity contribution in [1.82, 2.24) is 10.6 Å². The van der Waals surface area contributed by atoms with Crippen molar-refractivity contribution in [3.05, 3.63) is 29.0 Å². The summed E-state index contributed by atoms with van der Waals surface area (Å²) in [4.78, 5) is 22.3. The van der Waals surface area contributed by atoms with Crippen LogP contribution in [0.1, 0.15) is 11.1 Å². The van der Waals surface area contributed by atoms with Crippen LogP contribution in [0.25, 0.3) is 6.08 Å². The molecule has 1 aliphatic heterocycles. The van der Waals surface area contributed by atoms with Gasteiger partial charge >= 0.3 is 6.03 Å². The van der Waals surface area contributed by atoms with Crippen molar-refractivity contribution in [2.75, 3.05) is 7.11 Å². The zero-order chi connectivity index (χ0) is 13.3. The minimum atomic E-state index is -0.547. The number of rotatable bonds is 2. The summed E-state index contributed by atoms with van der Waals surface area (Å²) in [6, 6.07) is 2.71. The number of aromatic hydroxyl groups is 1. The lowest BCUT2D eigenvalue weighted by Crippen LogP contribution is -2.22. The molecule has 1 aromatic carbocycles. The van der Waals surface area contributed by atoms with E-state index in [4.69, 9.17) is 4.74 Å². The Hall–Kier alpha value is -2.50. The molecule has 0 atom stereocenters. The first-order valence-corrected chi connectivity index (χ1v) is 5.23. The van der Waals surface area contributed by atoms with E-state index in [1.165, 1.54) is 13.2 Å². The van der Waals surface area contributed by atoms with E-state index in [1.54, 1.807) is 19.1 Å². The minimum absolute atomic E-state index is 0.0551. The van der Waals surface area contributed by atoms with Gasteiger partial charge in [-0.3, -0.25) is 10.1 Å². The highest BCUT2D eigenvalue weighted by atomic mass is 16.5. The molecular weight excluding hydrogens is 236 g/mol. The summed E-state index contributed by atoms with van der Waals surface area (Å²) in [6.45, 7) is 1.72. The maximum atomic E-state index is 11.4. The van der Waals surface area contributed by atoms with E-state index in [-0.39, 0.29) is 11.4 Å². The molecule has 3 N–H and O–H groups in total. The summed E-state index contributed by atoms with van der Waals surface area (Å²) < 4.78 is 5.01. The fourth-order valence-corrected chi connectivity index (χ4v) is 1.66. The Bertz CT molecular complexity index is 563. The number of ether oxygens (including phenoxy) is 1. The largest absolute Gasteiger partial charge is 0.504 e. The summed E-state index contributed by atoms with van der Waals surface area (Å²) in [6.07, 6.45) is 1.51. The zero-order valence-electron chi connectivity index (χ0n) is 9.90. The second-order valence-electron chi connectivity index (χ2n) is 3.85. The number of hydrogen-bond acceptors (Lipinski definition) is 4. The first-order chi connectivity index (χ1) is 8.51. The van der Waals surface area contributed by atoms with Crippen molar-refractivity contribution in [3.63, 3.8) is 0 Å². The normalized spacial score (nSPS) is 16.7. The van der Waals surface area contributed by atoms with Crippen LogP contribution in [-0.2, 0) is 4.79 Å². The molecule has 0 unspecified atom stereocenters. The average Bonchev–Trinajstić information content (AvgIpc) is 2.62. The number of methoxy groups -OCH3 is 1. The maximum absolute atomic E-state index is 11.4. The lowest BCUT2D eigenvalue weighted by molar-refractivity contribution is -0.115. The number of urea groups is 1. The van der Waals surface area contributed by atoms with Gasteiger partial charge in [-0.2, -0.15) is 0 Å². The third kappa shape index (κ3) is 2.13. The van der Waals surface area contributed by atoms with Crippen molar-refractivity contribution in [2.24, 2.45) is 0 Å². The summed E-state index contributed by atoms with van der Waals surface area (Å²) in [5.41, 5.74) is 1.42. The van der Waals surface area contributed by atoms with E-state index in [2.05, 4.69) is 10.6 Å². The number of hydrogen-bond donors (Lipinski definition) is 3. The van der Waals surface area contributed by atoms with Crippen molar-refractivity contribution in [2.45, 2.75) is 6.92 Å². The first kappa shape index (κ1) is 12.0. The number of carbonyl (C=O) groups excluding carboxylic acids is 2. The Kier molecular flexibility index (Phi) is 2.93. The zero-order valence-corrected chi connectivity index (χ0v) is 9.90. The summed E-state index contributed by atoms with van der Waals surface area (Å²) in [5.74, 6) is -0.115. The first-order valence-electron chi connectivity index (χ1n) is 5.23. The minimum Gasteiger partial charge on any atom is -0.504 e. The van der Waals surface area contributed by atoms with Crippen LogP contribution in [0.15, 0.2) is 17.8 Å². The molecule has 0 radical (unpaired) electrons. The quantitative estimate of drug-likeness (QED) is 0.535. The van der Waals surface area contributed by atoms with Crippen LogP contribution in [0.2, 0.25) is 0 Å². The molecule has 2 rings (SSSR count). The molecule has 3 amide bonds. The van der Waals surface area contributed by atoms with E-state index in [1.807, 2.05) is 0 Å². The van der Waals surface area contributed by atoms with Crippen LogP contribution < -0.4 is 15.4 Å². The van der Waals surface area contributed by atoms with Crippen LogP contribution in [0.5, 0.6) is 11.5 Å². The van der Waals surface area contributed by atoms with Gasteiger partial charge < -0.3 is 15.2 Å². The third-order valence-electron chi connectivity index (χ3n) is 2.54. The molecule has 0 bridgehead atoms. The van der Waals surface area contributed by atoms with Gasteiger partial charge in [0, 0.05) is 0 Å². The molecular formula is C12H12N2O4. The average molecular weight is 248 g/mol. The van der Waals surface area contributed by atoms with Crippen molar-refractivity contribution < 1.29 is 19.4 Å². The van der Waals surface area contributed by atoms with Gasteiger partial charge in [0.15, 0.2) is 11.5 Å². The Morgan fingerprint density at radius 2 is 2.00 bits per heavy atom. The number of benzene rings is 1. The molecule has 1 aromatic rings. The van der Waals surface area contributed by atoms with Gasteiger partial charge in [-0.05, 0) is 36.3 Å². The molecule has 0 spiro atoms. The van der Waals surface area contributed by atoms with Crippen molar-refractivity contribution in [1.29, 1.82) is 0 Å². The topological polar surface area (TPSA) is 87.7 Å². The number of phenols is 1. The third-order valence-corrected chi connectivity index (χ3v) is 2.54.